The molecule has 0 N–H and O–H groups in total. The van der Waals surface area contributed by atoms with Gasteiger partial charge in [0.2, 0.25) is 0 Å². The number of hydrogen-bond acceptors (Lipinski definition) is 0. The Morgan fingerprint density at radius 1 is 1.27 bits per heavy atom. The van der Waals surface area contributed by atoms with Crippen LogP contribution in [0.2, 0.25) is 5.02 Å². The molecule has 56 valence electrons. The molecule has 0 amide bonds. The lowest BCUT2D eigenvalue weighted by molar-refractivity contribution is 1.16. The Morgan fingerprint density at radius 3 is 2.27 bits per heavy atom. The van der Waals surface area contributed by atoms with Gasteiger partial charge in [-0.15, -0.1) is 0 Å². The van der Waals surface area contributed by atoms with Crippen molar-refractivity contribution in [1.29, 1.82) is 0 Å². The van der Waals surface area contributed by atoms with E-state index in [0.717, 1.165) is 11.4 Å². The smallest absolute Gasteiger partial charge is 0.0406 e. The van der Waals surface area contributed by atoms with Crippen molar-refractivity contribution in [1.82, 2.24) is 0 Å². The number of halogens is 1. The van der Waals surface area contributed by atoms with Crippen molar-refractivity contribution in [2.45, 2.75) is 12.3 Å². The lowest BCUT2D eigenvalue weighted by Gasteiger charge is -1.95. The lowest BCUT2D eigenvalue weighted by Crippen LogP contribution is -1.76. The monoisotopic (exact) mass is 164 g/mol. The molecule has 11 heavy (non-hydrogen) atoms. The Labute approximate surface area is 71.5 Å². The van der Waals surface area contributed by atoms with Crippen LogP contribution in [0.5, 0.6) is 0 Å². The molecule has 0 radical (unpaired) electrons. The molecule has 1 heteroatoms. The molecule has 0 spiro atoms. The highest BCUT2D eigenvalue weighted by Gasteiger charge is 2.28. The fraction of sp³-hybridized carbons (Fsp3) is 0.200. The van der Waals surface area contributed by atoms with Crippen molar-refractivity contribution < 1.29 is 0 Å². The third kappa shape index (κ3) is 1.31. The number of rotatable bonds is 1. The summed E-state index contributed by atoms with van der Waals surface area (Å²) in [5.41, 5.74) is 2.69. The van der Waals surface area contributed by atoms with Gasteiger partial charge in [-0.1, -0.05) is 35.9 Å². The third-order valence-corrected chi connectivity index (χ3v) is 2.32. The molecule has 2 rings (SSSR count). The fourth-order valence-electron chi connectivity index (χ4n) is 1.25. The fourth-order valence-corrected chi connectivity index (χ4v) is 1.38. The van der Waals surface area contributed by atoms with Gasteiger partial charge in [-0.3, -0.25) is 0 Å². The molecule has 0 aliphatic heterocycles. The minimum Gasteiger partial charge on any atom is -0.0992 e. The molecular formula is C10H9Cl. The molecule has 1 saturated carbocycles. The van der Waals surface area contributed by atoms with E-state index in [1.54, 1.807) is 0 Å². The van der Waals surface area contributed by atoms with E-state index in [2.05, 4.69) is 18.7 Å². The quantitative estimate of drug-likeness (QED) is 0.559. The van der Waals surface area contributed by atoms with Gasteiger partial charge >= 0.3 is 0 Å². The van der Waals surface area contributed by atoms with Gasteiger partial charge in [-0.2, -0.15) is 0 Å². The predicted molar refractivity (Wildman–Crippen MR) is 48.0 cm³/mol. The molecular weight excluding hydrogens is 156 g/mol. The first kappa shape index (κ1) is 6.93. The molecule has 1 aliphatic carbocycles. The summed E-state index contributed by atoms with van der Waals surface area (Å²) in [6.45, 7) is 3.91. The predicted octanol–water partition coefficient (Wildman–Crippen LogP) is 3.38. The second-order valence-corrected chi connectivity index (χ2v) is 3.40. The van der Waals surface area contributed by atoms with Gasteiger partial charge in [-0.25, -0.2) is 0 Å². The molecule has 0 heterocycles. The van der Waals surface area contributed by atoms with Gasteiger partial charge in [0, 0.05) is 10.9 Å². The highest BCUT2D eigenvalue weighted by Crippen LogP contribution is 2.45. The topological polar surface area (TPSA) is 0 Å². The minimum absolute atomic E-state index is 0.618. The van der Waals surface area contributed by atoms with Crippen LogP contribution in [0.1, 0.15) is 17.9 Å². The Morgan fingerprint density at radius 2 is 1.82 bits per heavy atom. The summed E-state index contributed by atoms with van der Waals surface area (Å²) < 4.78 is 0. The maximum atomic E-state index is 5.75. The summed E-state index contributed by atoms with van der Waals surface area (Å²) in [7, 11) is 0. The molecule has 1 aromatic rings. The highest BCUT2D eigenvalue weighted by atomic mass is 35.5. The van der Waals surface area contributed by atoms with Gasteiger partial charge in [0.15, 0.2) is 0 Å². The zero-order chi connectivity index (χ0) is 7.84. The maximum Gasteiger partial charge on any atom is 0.0406 e. The van der Waals surface area contributed by atoms with Crippen LogP contribution in [0.3, 0.4) is 0 Å². The first-order valence-corrected chi connectivity index (χ1v) is 4.08. The minimum atomic E-state index is 0.618. The van der Waals surface area contributed by atoms with E-state index >= 15 is 0 Å². The molecule has 1 fully saturated rings. The normalized spacial score (nSPS) is 21.9. The molecule has 1 atom stereocenters. The summed E-state index contributed by atoms with van der Waals surface area (Å²) in [5, 5.41) is 0.806. The molecule has 0 saturated heterocycles. The van der Waals surface area contributed by atoms with E-state index < -0.39 is 0 Å². The van der Waals surface area contributed by atoms with Gasteiger partial charge in [0.05, 0.1) is 0 Å². The van der Waals surface area contributed by atoms with E-state index in [0.29, 0.717) is 5.92 Å². The highest BCUT2D eigenvalue weighted by molar-refractivity contribution is 6.30. The van der Waals surface area contributed by atoms with E-state index in [1.165, 1.54) is 11.1 Å². The Kier molecular flexibility index (Phi) is 1.50. The van der Waals surface area contributed by atoms with Gasteiger partial charge in [0.25, 0.3) is 0 Å². The standard InChI is InChI=1S/C10H9Cl/c1-7-6-10(7)8-2-4-9(11)5-3-8/h2-5,10H,1,6H2/t10-/m1/s1. The van der Waals surface area contributed by atoms with Crippen LogP contribution in [0.4, 0.5) is 0 Å². The van der Waals surface area contributed by atoms with Gasteiger partial charge in [-0.05, 0) is 24.1 Å². The zero-order valence-corrected chi connectivity index (χ0v) is 6.93. The maximum absolute atomic E-state index is 5.75. The van der Waals surface area contributed by atoms with Crippen LogP contribution in [0.15, 0.2) is 36.4 Å². The van der Waals surface area contributed by atoms with E-state index in [-0.39, 0.29) is 0 Å². The van der Waals surface area contributed by atoms with Crippen LogP contribution in [0.25, 0.3) is 0 Å². The molecule has 0 bridgehead atoms. The Hall–Kier alpha value is -0.750. The van der Waals surface area contributed by atoms with Crippen LogP contribution >= 0.6 is 11.6 Å². The molecule has 0 aromatic heterocycles. The SMILES string of the molecule is C=C1C[C@H]1c1ccc(Cl)cc1. The van der Waals surface area contributed by atoms with E-state index in [4.69, 9.17) is 11.6 Å². The Balaban J connectivity index is 2.27. The zero-order valence-electron chi connectivity index (χ0n) is 6.18. The second-order valence-electron chi connectivity index (χ2n) is 2.97. The van der Waals surface area contributed by atoms with Crippen molar-refractivity contribution in [3.8, 4) is 0 Å². The van der Waals surface area contributed by atoms with Crippen molar-refractivity contribution in [2.75, 3.05) is 0 Å². The Bertz CT molecular complexity index is 284. The summed E-state index contributed by atoms with van der Waals surface area (Å²) >= 11 is 5.75. The summed E-state index contributed by atoms with van der Waals surface area (Å²) in [6, 6.07) is 8.02. The first-order chi connectivity index (χ1) is 5.27. The van der Waals surface area contributed by atoms with Crippen molar-refractivity contribution in [3.63, 3.8) is 0 Å². The van der Waals surface area contributed by atoms with Gasteiger partial charge in [0.1, 0.15) is 0 Å². The number of hydrogen-bond donors (Lipinski definition) is 0. The van der Waals surface area contributed by atoms with Gasteiger partial charge < -0.3 is 0 Å². The largest absolute Gasteiger partial charge is 0.0992 e. The van der Waals surface area contributed by atoms with Crippen molar-refractivity contribution in [3.05, 3.63) is 47.0 Å². The van der Waals surface area contributed by atoms with Crippen LogP contribution in [-0.4, -0.2) is 0 Å². The second kappa shape index (κ2) is 2.38. The van der Waals surface area contributed by atoms with Crippen molar-refractivity contribution >= 4 is 11.6 Å². The third-order valence-electron chi connectivity index (χ3n) is 2.07. The summed E-state index contributed by atoms with van der Waals surface area (Å²) in [5.74, 6) is 0.618. The van der Waals surface area contributed by atoms with E-state index in [1.807, 2.05) is 12.1 Å². The van der Waals surface area contributed by atoms with E-state index in [9.17, 15) is 0 Å². The summed E-state index contributed by atoms with van der Waals surface area (Å²) in [4.78, 5) is 0. The first-order valence-electron chi connectivity index (χ1n) is 3.70. The van der Waals surface area contributed by atoms with Crippen molar-refractivity contribution in [2.24, 2.45) is 0 Å². The average Bonchev–Trinajstić information content (AvgIpc) is 2.69. The summed E-state index contributed by atoms with van der Waals surface area (Å²) in [6.07, 6.45) is 1.15. The molecule has 1 aliphatic rings. The molecule has 0 unspecified atom stereocenters. The molecule has 1 aromatic carbocycles. The molecule has 0 nitrogen and oxygen atoms in total. The number of allylic oxidation sites excluding steroid dienone is 1. The average molecular weight is 165 g/mol. The van der Waals surface area contributed by atoms with Crippen LogP contribution in [0, 0.1) is 0 Å². The lowest BCUT2D eigenvalue weighted by atomic mass is 10.1. The van der Waals surface area contributed by atoms with Crippen LogP contribution < -0.4 is 0 Å². The van der Waals surface area contributed by atoms with Crippen LogP contribution in [-0.2, 0) is 0 Å². The number of benzene rings is 1.